The molecule has 0 saturated heterocycles. The van der Waals surface area contributed by atoms with Gasteiger partial charge < -0.3 is 10.4 Å². The third-order valence-corrected chi connectivity index (χ3v) is 4.66. The zero-order valence-corrected chi connectivity index (χ0v) is 13.3. The van der Waals surface area contributed by atoms with Gasteiger partial charge >= 0.3 is 5.97 Å². The summed E-state index contributed by atoms with van der Waals surface area (Å²) < 4.78 is 0. The van der Waals surface area contributed by atoms with Crippen LogP contribution in [0.2, 0.25) is 0 Å². The van der Waals surface area contributed by atoms with E-state index in [0.717, 1.165) is 9.88 Å². The summed E-state index contributed by atoms with van der Waals surface area (Å²) in [5.74, 6) is -1.28. The maximum absolute atomic E-state index is 12.1. The number of aromatic nitrogens is 1. The molecular weight excluding hydrogens is 308 g/mol. The number of nitrogens with zero attached hydrogens (tertiary/aromatic N) is 1. The first-order chi connectivity index (χ1) is 9.97. The lowest BCUT2D eigenvalue weighted by Crippen LogP contribution is -2.41. The second-order valence-corrected chi connectivity index (χ2v) is 6.81. The molecule has 1 amide bonds. The summed E-state index contributed by atoms with van der Waals surface area (Å²) in [4.78, 5) is 28.5. The van der Waals surface area contributed by atoms with Gasteiger partial charge in [-0.25, -0.2) is 9.78 Å². The minimum atomic E-state index is -1.02. The summed E-state index contributed by atoms with van der Waals surface area (Å²) in [6, 6.07) is 2.97. The molecular formula is C14H16N2O3S2. The molecule has 5 nitrogen and oxygen atoms in total. The first-order valence-electron chi connectivity index (χ1n) is 6.50. The minimum absolute atomic E-state index is 0.184. The second-order valence-electron chi connectivity index (χ2n) is 5.01. The second kappa shape index (κ2) is 6.82. The third kappa shape index (κ3) is 4.12. The van der Waals surface area contributed by atoms with E-state index in [-0.39, 0.29) is 11.6 Å². The van der Waals surface area contributed by atoms with Crippen LogP contribution in [0.3, 0.4) is 0 Å². The molecule has 0 aliphatic carbocycles. The van der Waals surface area contributed by atoms with Gasteiger partial charge in [-0.1, -0.05) is 19.9 Å². The van der Waals surface area contributed by atoms with Crippen LogP contribution in [0.15, 0.2) is 22.9 Å². The van der Waals surface area contributed by atoms with Crippen LogP contribution < -0.4 is 5.32 Å². The van der Waals surface area contributed by atoms with Crippen molar-refractivity contribution in [2.45, 2.75) is 26.3 Å². The van der Waals surface area contributed by atoms with Crippen molar-refractivity contribution in [1.29, 1.82) is 0 Å². The lowest BCUT2D eigenvalue weighted by Gasteiger charge is -2.15. The Hall–Kier alpha value is -1.73. The number of thiophene rings is 1. The van der Waals surface area contributed by atoms with Crippen LogP contribution in [-0.2, 0) is 4.79 Å². The first kappa shape index (κ1) is 15.7. The Kier molecular flexibility index (Phi) is 5.08. The minimum Gasteiger partial charge on any atom is -0.480 e. The van der Waals surface area contributed by atoms with Crippen molar-refractivity contribution in [2.75, 3.05) is 0 Å². The van der Waals surface area contributed by atoms with E-state index in [1.54, 1.807) is 16.7 Å². The number of rotatable bonds is 6. The van der Waals surface area contributed by atoms with E-state index < -0.39 is 17.9 Å². The molecule has 21 heavy (non-hydrogen) atoms. The van der Waals surface area contributed by atoms with E-state index in [9.17, 15) is 9.59 Å². The van der Waals surface area contributed by atoms with Gasteiger partial charge in [0.15, 0.2) is 0 Å². The molecule has 112 valence electrons. The van der Waals surface area contributed by atoms with Crippen molar-refractivity contribution in [3.63, 3.8) is 0 Å². The molecule has 1 atom stereocenters. The van der Waals surface area contributed by atoms with Crippen LogP contribution >= 0.6 is 22.7 Å². The van der Waals surface area contributed by atoms with E-state index in [1.165, 1.54) is 11.3 Å². The normalized spacial score (nSPS) is 12.3. The molecule has 0 unspecified atom stereocenters. The summed E-state index contributed by atoms with van der Waals surface area (Å²) in [5.41, 5.74) is 0.262. The molecule has 0 fully saturated rings. The van der Waals surface area contributed by atoms with Gasteiger partial charge in [-0.15, -0.1) is 22.7 Å². The highest BCUT2D eigenvalue weighted by Gasteiger charge is 2.23. The van der Waals surface area contributed by atoms with E-state index >= 15 is 0 Å². The third-order valence-electron chi connectivity index (χ3n) is 2.78. The van der Waals surface area contributed by atoms with Crippen molar-refractivity contribution in [2.24, 2.45) is 5.92 Å². The number of nitrogens with one attached hydrogen (secondary N) is 1. The fourth-order valence-corrected chi connectivity index (χ4v) is 3.43. The Labute approximate surface area is 130 Å². The monoisotopic (exact) mass is 324 g/mol. The maximum Gasteiger partial charge on any atom is 0.326 e. The van der Waals surface area contributed by atoms with Crippen molar-refractivity contribution in [3.05, 3.63) is 28.6 Å². The Morgan fingerprint density at radius 1 is 1.38 bits per heavy atom. The Bertz CT molecular complexity index is 620. The molecule has 2 N–H and O–H groups in total. The molecule has 0 spiro atoms. The van der Waals surface area contributed by atoms with Crippen molar-refractivity contribution in [1.82, 2.24) is 10.3 Å². The number of amides is 1. The first-order valence-corrected chi connectivity index (χ1v) is 8.26. The van der Waals surface area contributed by atoms with Gasteiger partial charge in [0.1, 0.15) is 16.7 Å². The van der Waals surface area contributed by atoms with E-state index in [0.29, 0.717) is 6.42 Å². The predicted molar refractivity (Wildman–Crippen MR) is 83.8 cm³/mol. The van der Waals surface area contributed by atoms with E-state index in [2.05, 4.69) is 10.3 Å². The number of aliphatic carboxylic acids is 1. The molecule has 7 heteroatoms. The Morgan fingerprint density at radius 3 is 2.71 bits per heavy atom. The van der Waals surface area contributed by atoms with Gasteiger partial charge in [-0.05, 0) is 23.8 Å². The fraction of sp³-hybridized carbons (Fsp3) is 0.357. The largest absolute Gasteiger partial charge is 0.480 e. The summed E-state index contributed by atoms with van der Waals surface area (Å²) in [7, 11) is 0. The summed E-state index contributed by atoms with van der Waals surface area (Å²) in [5, 5.41) is 16.0. The van der Waals surface area contributed by atoms with Crippen LogP contribution in [0.1, 0.15) is 30.8 Å². The van der Waals surface area contributed by atoms with Crippen LogP contribution in [-0.4, -0.2) is 28.0 Å². The number of carbonyl (C=O) groups is 2. The molecule has 0 bridgehead atoms. The lowest BCUT2D eigenvalue weighted by molar-refractivity contribution is -0.139. The van der Waals surface area contributed by atoms with Crippen molar-refractivity contribution in [3.8, 4) is 9.88 Å². The average Bonchev–Trinajstić information content (AvgIpc) is 3.08. The molecule has 0 aromatic carbocycles. The number of carboxylic acids is 1. The Balaban J connectivity index is 2.07. The van der Waals surface area contributed by atoms with Gasteiger partial charge in [0.05, 0.1) is 4.88 Å². The van der Waals surface area contributed by atoms with Crippen molar-refractivity contribution >= 4 is 34.6 Å². The van der Waals surface area contributed by atoms with Crippen LogP contribution in [0, 0.1) is 5.92 Å². The zero-order chi connectivity index (χ0) is 15.4. The summed E-state index contributed by atoms with van der Waals surface area (Å²) in [6.45, 7) is 3.83. The van der Waals surface area contributed by atoms with Crippen LogP contribution in [0.5, 0.6) is 0 Å². The SMILES string of the molecule is CC(C)C[C@H](NC(=O)c1csc(-c2cccs2)n1)C(=O)O. The predicted octanol–water partition coefficient (Wildman–Crippen LogP) is 3.10. The molecule has 2 aromatic heterocycles. The summed E-state index contributed by atoms with van der Waals surface area (Å²) >= 11 is 2.93. The van der Waals surface area contributed by atoms with Crippen molar-refractivity contribution < 1.29 is 14.7 Å². The van der Waals surface area contributed by atoms with E-state index in [1.807, 2.05) is 31.4 Å². The lowest BCUT2D eigenvalue weighted by atomic mass is 10.0. The molecule has 0 aliphatic rings. The number of carboxylic acid groups (broad SMARTS) is 1. The fourth-order valence-electron chi connectivity index (χ4n) is 1.82. The zero-order valence-electron chi connectivity index (χ0n) is 11.7. The van der Waals surface area contributed by atoms with Gasteiger partial charge in [0.2, 0.25) is 0 Å². The topological polar surface area (TPSA) is 79.3 Å². The number of carbonyl (C=O) groups excluding carboxylic acids is 1. The number of hydrogen-bond donors (Lipinski definition) is 2. The molecule has 0 aliphatic heterocycles. The molecule has 2 heterocycles. The average molecular weight is 324 g/mol. The molecule has 0 radical (unpaired) electrons. The van der Waals surface area contributed by atoms with Crippen LogP contribution in [0.25, 0.3) is 9.88 Å². The maximum atomic E-state index is 12.1. The van der Waals surface area contributed by atoms with Gasteiger partial charge in [-0.2, -0.15) is 0 Å². The Morgan fingerprint density at radius 2 is 2.14 bits per heavy atom. The quantitative estimate of drug-likeness (QED) is 0.856. The van der Waals surface area contributed by atoms with Gasteiger partial charge in [-0.3, -0.25) is 4.79 Å². The smallest absolute Gasteiger partial charge is 0.326 e. The number of thiazole rings is 1. The van der Waals surface area contributed by atoms with Gasteiger partial charge in [0, 0.05) is 5.38 Å². The highest BCUT2D eigenvalue weighted by Crippen LogP contribution is 2.27. The van der Waals surface area contributed by atoms with E-state index in [4.69, 9.17) is 5.11 Å². The van der Waals surface area contributed by atoms with Gasteiger partial charge in [0.25, 0.3) is 5.91 Å². The highest BCUT2D eigenvalue weighted by molar-refractivity contribution is 7.20. The van der Waals surface area contributed by atoms with Crippen LogP contribution in [0.4, 0.5) is 0 Å². The highest BCUT2D eigenvalue weighted by atomic mass is 32.1. The molecule has 2 aromatic rings. The number of hydrogen-bond acceptors (Lipinski definition) is 5. The molecule has 2 rings (SSSR count). The molecule has 0 saturated carbocycles. The summed E-state index contributed by atoms with van der Waals surface area (Å²) in [6.07, 6.45) is 0.392. The standard InChI is InChI=1S/C14H16N2O3S2/c1-8(2)6-9(14(18)19)15-12(17)10-7-21-13(16-10)11-4-3-5-20-11/h3-5,7-9H,6H2,1-2H3,(H,15,17)(H,18,19)/t9-/m0/s1.